The van der Waals surface area contributed by atoms with Crippen LogP contribution in [0.25, 0.3) is 0 Å². The van der Waals surface area contributed by atoms with Gasteiger partial charge in [-0.05, 0) is 19.8 Å². The van der Waals surface area contributed by atoms with E-state index >= 15 is 0 Å². The van der Waals surface area contributed by atoms with Crippen LogP contribution in [0.15, 0.2) is 0 Å². The topological polar surface area (TPSA) is 83.9 Å². The Labute approximate surface area is 92.0 Å². The Morgan fingerprint density at radius 1 is 1.60 bits per heavy atom. The van der Waals surface area contributed by atoms with E-state index in [0.29, 0.717) is 13.0 Å². The van der Waals surface area contributed by atoms with Crippen LogP contribution in [-0.4, -0.2) is 46.5 Å². The van der Waals surface area contributed by atoms with E-state index in [1.807, 2.05) is 0 Å². The molecular formula is C7H15NO5S2. The molecule has 0 radical (unpaired) electrons. The lowest BCUT2D eigenvalue weighted by atomic mass is 10.4. The van der Waals surface area contributed by atoms with Crippen LogP contribution in [0.1, 0.15) is 19.8 Å². The summed E-state index contributed by atoms with van der Waals surface area (Å²) in [7, 11) is -3.49. The molecule has 8 heteroatoms. The Morgan fingerprint density at radius 2 is 2.27 bits per heavy atom. The Balaban J connectivity index is 2.57. The van der Waals surface area contributed by atoms with Gasteiger partial charge in [0.2, 0.25) is 0 Å². The molecule has 1 unspecified atom stereocenters. The average Bonchev–Trinajstić information content (AvgIpc) is 2.51. The van der Waals surface area contributed by atoms with Crippen LogP contribution in [0.3, 0.4) is 0 Å². The predicted molar refractivity (Wildman–Crippen MR) is 55.9 cm³/mol. The molecule has 0 aliphatic carbocycles. The third-order valence-corrected chi connectivity index (χ3v) is 3.97. The minimum atomic E-state index is -3.49. The van der Waals surface area contributed by atoms with E-state index in [9.17, 15) is 12.6 Å². The second-order valence-corrected chi connectivity index (χ2v) is 6.09. The summed E-state index contributed by atoms with van der Waals surface area (Å²) in [6, 6.07) is 0. The van der Waals surface area contributed by atoms with Crippen LogP contribution < -0.4 is 0 Å². The van der Waals surface area contributed by atoms with E-state index in [2.05, 4.69) is 0 Å². The summed E-state index contributed by atoms with van der Waals surface area (Å²) in [4.78, 5) is 1.57. The van der Waals surface area contributed by atoms with Crippen LogP contribution in [-0.2, 0) is 25.4 Å². The molecule has 1 rings (SSSR count). The molecule has 0 aromatic rings. The molecule has 1 heterocycles. The maximum Gasteiger partial charge on any atom is 0.268 e. The van der Waals surface area contributed by atoms with Crippen LogP contribution >= 0.6 is 0 Å². The number of likely N-dealkylation sites (tertiary alicyclic amines) is 1. The zero-order chi connectivity index (χ0) is 11.5. The Morgan fingerprint density at radius 3 is 2.80 bits per heavy atom. The minimum Gasteiger partial charge on any atom is -0.305 e. The molecule has 0 bridgehead atoms. The van der Waals surface area contributed by atoms with Gasteiger partial charge in [-0.25, -0.2) is 4.21 Å². The summed E-state index contributed by atoms with van der Waals surface area (Å²) in [6.07, 6.45) is 0.781. The monoisotopic (exact) mass is 257 g/mol. The summed E-state index contributed by atoms with van der Waals surface area (Å²) in [5, 5.41) is 0. The van der Waals surface area contributed by atoms with Crippen molar-refractivity contribution in [2.75, 3.05) is 18.2 Å². The number of rotatable bonds is 5. The summed E-state index contributed by atoms with van der Waals surface area (Å²) in [5.74, 6) is -0.149. The fourth-order valence-corrected chi connectivity index (χ4v) is 2.70. The molecule has 1 aliphatic heterocycles. The summed E-state index contributed by atoms with van der Waals surface area (Å²) in [5.41, 5.74) is 0. The van der Waals surface area contributed by atoms with Crippen molar-refractivity contribution in [3.8, 4) is 0 Å². The second-order valence-electron chi connectivity index (χ2n) is 3.30. The molecule has 1 fully saturated rings. The molecule has 0 amide bonds. The van der Waals surface area contributed by atoms with Crippen LogP contribution in [0.5, 0.6) is 0 Å². The molecule has 6 nitrogen and oxygen atoms in total. The average molecular weight is 257 g/mol. The smallest absolute Gasteiger partial charge is 0.268 e. The van der Waals surface area contributed by atoms with Gasteiger partial charge < -0.3 is 4.55 Å². The highest BCUT2D eigenvalue weighted by Gasteiger charge is 2.30. The van der Waals surface area contributed by atoms with Gasteiger partial charge in [-0.15, -0.1) is 0 Å². The predicted octanol–water partition coefficient (Wildman–Crippen LogP) is -0.0462. The maximum atomic E-state index is 11.2. The first-order valence-electron chi connectivity index (χ1n) is 4.67. The van der Waals surface area contributed by atoms with Crippen molar-refractivity contribution in [2.45, 2.75) is 26.0 Å². The molecular weight excluding hydrogens is 242 g/mol. The van der Waals surface area contributed by atoms with Crippen LogP contribution in [0.2, 0.25) is 0 Å². The first kappa shape index (κ1) is 13.0. The van der Waals surface area contributed by atoms with Gasteiger partial charge in [-0.1, -0.05) is 0 Å². The molecule has 1 aliphatic rings. The number of hydrogen-bond acceptors (Lipinski definition) is 5. The van der Waals surface area contributed by atoms with Crippen molar-refractivity contribution in [3.05, 3.63) is 0 Å². The first-order valence-corrected chi connectivity index (χ1v) is 7.52. The van der Waals surface area contributed by atoms with Crippen LogP contribution in [0, 0.1) is 0 Å². The Kier molecular flexibility index (Phi) is 4.65. The molecule has 1 N–H and O–H groups in total. The molecule has 90 valence electrons. The van der Waals surface area contributed by atoms with E-state index in [1.165, 1.54) is 6.92 Å². The van der Waals surface area contributed by atoms with Crippen molar-refractivity contribution in [1.29, 1.82) is 0 Å². The molecule has 1 saturated heterocycles. The van der Waals surface area contributed by atoms with Crippen molar-refractivity contribution < 1.29 is 21.4 Å². The van der Waals surface area contributed by atoms with Crippen molar-refractivity contribution in [1.82, 2.24) is 4.90 Å². The van der Waals surface area contributed by atoms with E-state index in [-0.39, 0.29) is 11.6 Å². The second kappa shape index (κ2) is 5.35. The van der Waals surface area contributed by atoms with Gasteiger partial charge in [0.25, 0.3) is 10.1 Å². The molecule has 0 aromatic heterocycles. The fraction of sp³-hybridized carbons (Fsp3) is 1.00. The maximum absolute atomic E-state index is 11.2. The van der Waals surface area contributed by atoms with Crippen LogP contribution in [0.4, 0.5) is 0 Å². The number of nitrogens with zero attached hydrogens (tertiary/aromatic N) is 1. The van der Waals surface area contributed by atoms with Gasteiger partial charge in [0.05, 0.1) is 5.75 Å². The first-order chi connectivity index (χ1) is 6.94. The van der Waals surface area contributed by atoms with Gasteiger partial charge in [0.15, 0.2) is 11.1 Å². The van der Waals surface area contributed by atoms with Crippen molar-refractivity contribution >= 4 is 21.2 Å². The summed E-state index contributed by atoms with van der Waals surface area (Å²) >= 11 is -1.96. The molecule has 15 heavy (non-hydrogen) atoms. The third kappa shape index (κ3) is 4.15. The largest absolute Gasteiger partial charge is 0.305 e. The van der Waals surface area contributed by atoms with Gasteiger partial charge in [0.1, 0.15) is 12.1 Å². The fourth-order valence-electron chi connectivity index (χ4n) is 1.43. The zero-order valence-corrected chi connectivity index (χ0v) is 10.1. The SMILES string of the molecule is CCS(=O)(=O)O[C@@H]1CCCN1CS(=O)O. The third-order valence-electron chi connectivity index (χ3n) is 2.19. The van der Waals surface area contributed by atoms with E-state index in [4.69, 9.17) is 8.74 Å². The van der Waals surface area contributed by atoms with Crippen molar-refractivity contribution in [3.63, 3.8) is 0 Å². The van der Waals surface area contributed by atoms with Crippen molar-refractivity contribution in [2.24, 2.45) is 0 Å². The summed E-state index contributed by atoms with van der Waals surface area (Å²) < 4.78 is 46.6. The van der Waals surface area contributed by atoms with Gasteiger partial charge in [-0.3, -0.25) is 9.08 Å². The Bertz CT molecular complexity index is 328. The van der Waals surface area contributed by atoms with E-state index in [1.54, 1.807) is 4.90 Å². The zero-order valence-electron chi connectivity index (χ0n) is 8.46. The van der Waals surface area contributed by atoms with E-state index in [0.717, 1.165) is 6.42 Å². The van der Waals surface area contributed by atoms with Gasteiger partial charge in [-0.2, -0.15) is 8.42 Å². The molecule has 0 saturated carbocycles. The molecule has 2 atom stereocenters. The van der Waals surface area contributed by atoms with Gasteiger partial charge in [0, 0.05) is 6.54 Å². The lowest BCUT2D eigenvalue weighted by Crippen LogP contribution is -2.36. The minimum absolute atomic E-state index is 0.0656. The van der Waals surface area contributed by atoms with Gasteiger partial charge >= 0.3 is 0 Å². The lowest BCUT2D eigenvalue weighted by Gasteiger charge is -2.21. The molecule has 0 spiro atoms. The lowest BCUT2D eigenvalue weighted by molar-refractivity contribution is 0.0811. The normalized spacial score (nSPS) is 25.6. The quantitative estimate of drug-likeness (QED) is 0.549. The Hall–Kier alpha value is -0.0200. The number of hydrogen-bond donors (Lipinski definition) is 1. The highest BCUT2D eigenvalue weighted by atomic mass is 32.2. The standard InChI is InChI=1S/C7H15NO5S2/c1-2-15(11,12)13-7-4-3-5-8(7)6-14(9)10/h7H,2-6H2,1H3,(H,9,10)/t7-/m1/s1. The highest BCUT2D eigenvalue weighted by Crippen LogP contribution is 2.20. The summed E-state index contributed by atoms with van der Waals surface area (Å²) in [6.45, 7) is 2.09. The van der Waals surface area contributed by atoms with E-state index < -0.39 is 27.4 Å². The molecule has 0 aromatic carbocycles. The highest BCUT2D eigenvalue weighted by molar-refractivity contribution is 7.86.